The molecule has 2 atom stereocenters. The maximum absolute atomic E-state index is 9.15. The van der Waals surface area contributed by atoms with Crippen molar-refractivity contribution in [2.75, 3.05) is 6.61 Å². The second kappa shape index (κ2) is 4.01. The fourth-order valence-corrected chi connectivity index (χ4v) is 2.61. The van der Waals surface area contributed by atoms with Crippen molar-refractivity contribution in [3.05, 3.63) is 33.8 Å². The highest BCUT2D eigenvalue weighted by Crippen LogP contribution is 2.30. The molecule has 0 aromatic heterocycles. The Morgan fingerprint density at radius 1 is 1.57 bits per heavy atom. The van der Waals surface area contributed by atoms with Crippen molar-refractivity contribution in [2.24, 2.45) is 0 Å². The topological polar surface area (TPSA) is 32.3 Å². The number of nitrogens with one attached hydrogen (secondary N) is 1. The van der Waals surface area contributed by atoms with Crippen molar-refractivity contribution in [3.63, 3.8) is 0 Å². The largest absolute Gasteiger partial charge is 0.395 e. The molecule has 0 bridgehead atoms. The van der Waals surface area contributed by atoms with E-state index in [1.165, 1.54) is 11.1 Å². The van der Waals surface area contributed by atoms with E-state index in [4.69, 9.17) is 5.11 Å². The highest BCUT2D eigenvalue weighted by Gasteiger charge is 2.23. The van der Waals surface area contributed by atoms with Crippen molar-refractivity contribution in [3.8, 4) is 0 Å². The number of hydrogen-bond acceptors (Lipinski definition) is 2. The second-order valence-electron chi connectivity index (χ2n) is 3.78. The second-order valence-corrected chi connectivity index (χ2v) is 4.63. The van der Waals surface area contributed by atoms with Gasteiger partial charge in [-0.25, -0.2) is 0 Å². The van der Waals surface area contributed by atoms with Gasteiger partial charge in [-0.15, -0.1) is 0 Å². The summed E-state index contributed by atoms with van der Waals surface area (Å²) in [5.41, 5.74) is 2.67. The van der Waals surface area contributed by atoms with Crippen LogP contribution in [0, 0.1) is 0 Å². The molecule has 76 valence electrons. The van der Waals surface area contributed by atoms with Crippen LogP contribution in [0.5, 0.6) is 0 Å². The first-order valence-corrected chi connectivity index (χ1v) is 5.66. The van der Waals surface area contributed by atoms with Crippen molar-refractivity contribution >= 4 is 15.9 Å². The average molecular weight is 256 g/mol. The lowest BCUT2D eigenvalue weighted by atomic mass is 9.91. The quantitative estimate of drug-likeness (QED) is 0.805. The SMILES string of the molecule is C[C@@H]1N[C@@H](CO)Cc2c(Br)cccc21. The molecule has 0 aliphatic carbocycles. The summed E-state index contributed by atoms with van der Waals surface area (Å²) in [7, 11) is 0. The maximum atomic E-state index is 9.15. The first-order valence-electron chi connectivity index (χ1n) is 4.86. The molecule has 2 N–H and O–H groups in total. The van der Waals surface area contributed by atoms with E-state index in [0.717, 1.165) is 10.9 Å². The smallest absolute Gasteiger partial charge is 0.0588 e. The minimum absolute atomic E-state index is 0.191. The molecule has 0 saturated heterocycles. The molecule has 0 fully saturated rings. The summed E-state index contributed by atoms with van der Waals surface area (Å²) in [5.74, 6) is 0. The van der Waals surface area contributed by atoms with Gasteiger partial charge in [0.15, 0.2) is 0 Å². The molecule has 3 heteroatoms. The molecule has 2 nitrogen and oxygen atoms in total. The Hall–Kier alpha value is -0.380. The normalized spacial score (nSPS) is 25.9. The molecular formula is C11H14BrNO. The van der Waals surface area contributed by atoms with Crippen molar-refractivity contribution in [1.82, 2.24) is 5.32 Å². The third kappa shape index (κ3) is 1.72. The van der Waals surface area contributed by atoms with Gasteiger partial charge in [0.2, 0.25) is 0 Å². The molecule has 1 aromatic rings. The fourth-order valence-electron chi connectivity index (χ4n) is 2.06. The Kier molecular flexibility index (Phi) is 2.91. The fraction of sp³-hybridized carbons (Fsp3) is 0.455. The molecule has 1 aromatic carbocycles. The Labute approximate surface area is 92.5 Å². The Balaban J connectivity index is 2.40. The average Bonchev–Trinajstić information content (AvgIpc) is 2.19. The number of hydrogen-bond donors (Lipinski definition) is 2. The first kappa shape index (κ1) is 10.1. The van der Waals surface area contributed by atoms with Crippen LogP contribution in [0.2, 0.25) is 0 Å². The summed E-state index contributed by atoms with van der Waals surface area (Å²) in [5, 5.41) is 12.5. The lowest BCUT2D eigenvalue weighted by Crippen LogP contribution is -2.40. The minimum Gasteiger partial charge on any atom is -0.395 e. The number of rotatable bonds is 1. The number of aliphatic hydroxyl groups excluding tert-OH is 1. The van der Waals surface area contributed by atoms with Crippen LogP contribution >= 0.6 is 15.9 Å². The van der Waals surface area contributed by atoms with Gasteiger partial charge in [0.1, 0.15) is 0 Å². The Morgan fingerprint density at radius 3 is 3.07 bits per heavy atom. The summed E-state index contributed by atoms with van der Waals surface area (Å²) in [6, 6.07) is 6.78. The number of benzene rings is 1. The zero-order valence-corrected chi connectivity index (χ0v) is 9.71. The highest BCUT2D eigenvalue weighted by atomic mass is 79.9. The van der Waals surface area contributed by atoms with E-state index in [9.17, 15) is 0 Å². The van der Waals surface area contributed by atoms with E-state index in [-0.39, 0.29) is 12.6 Å². The molecule has 0 spiro atoms. The summed E-state index contributed by atoms with van der Waals surface area (Å²) < 4.78 is 1.15. The van der Waals surface area contributed by atoms with E-state index in [0.29, 0.717) is 6.04 Å². The van der Waals surface area contributed by atoms with Gasteiger partial charge in [-0.2, -0.15) is 0 Å². The molecular weight excluding hydrogens is 242 g/mol. The molecule has 2 rings (SSSR count). The van der Waals surface area contributed by atoms with E-state index in [2.05, 4.69) is 46.4 Å². The first-order chi connectivity index (χ1) is 6.72. The minimum atomic E-state index is 0.191. The van der Waals surface area contributed by atoms with Crippen LogP contribution in [0.3, 0.4) is 0 Å². The number of fused-ring (bicyclic) bond motifs is 1. The summed E-state index contributed by atoms with van der Waals surface area (Å²) >= 11 is 3.56. The van der Waals surface area contributed by atoms with Crippen LogP contribution in [0.1, 0.15) is 24.1 Å². The Morgan fingerprint density at radius 2 is 2.36 bits per heavy atom. The van der Waals surface area contributed by atoms with Crippen molar-refractivity contribution < 1.29 is 5.11 Å². The third-order valence-electron chi connectivity index (χ3n) is 2.78. The number of halogens is 1. The predicted octanol–water partition coefficient (Wildman–Crippen LogP) is 2.02. The van der Waals surface area contributed by atoms with Crippen LogP contribution in [-0.2, 0) is 6.42 Å². The van der Waals surface area contributed by atoms with E-state index in [1.54, 1.807) is 0 Å². The zero-order chi connectivity index (χ0) is 10.1. The van der Waals surface area contributed by atoms with Crippen molar-refractivity contribution in [1.29, 1.82) is 0 Å². The maximum Gasteiger partial charge on any atom is 0.0588 e. The number of aliphatic hydroxyl groups is 1. The van der Waals surface area contributed by atoms with E-state index in [1.807, 2.05) is 0 Å². The van der Waals surface area contributed by atoms with Gasteiger partial charge in [0.25, 0.3) is 0 Å². The molecule has 1 aliphatic heterocycles. The van der Waals surface area contributed by atoms with Gasteiger partial charge in [-0.3, -0.25) is 0 Å². The van der Waals surface area contributed by atoms with Gasteiger partial charge in [-0.1, -0.05) is 28.1 Å². The van der Waals surface area contributed by atoms with Crippen LogP contribution < -0.4 is 5.32 Å². The standard InChI is InChI=1S/C11H14BrNO/c1-7-9-3-2-4-11(12)10(9)5-8(6-14)13-7/h2-4,7-8,13-14H,5-6H2,1H3/t7-,8+/m0/s1. The van der Waals surface area contributed by atoms with Gasteiger partial charge in [-0.05, 0) is 30.5 Å². The monoisotopic (exact) mass is 255 g/mol. The molecule has 0 radical (unpaired) electrons. The molecule has 1 aliphatic rings. The summed E-state index contributed by atoms with van der Waals surface area (Å²) in [6.07, 6.45) is 0.900. The van der Waals surface area contributed by atoms with Crippen LogP contribution in [-0.4, -0.2) is 17.8 Å². The van der Waals surface area contributed by atoms with Crippen LogP contribution in [0.25, 0.3) is 0 Å². The lowest BCUT2D eigenvalue weighted by Gasteiger charge is -2.30. The van der Waals surface area contributed by atoms with E-state index >= 15 is 0 Å². The van der Waals surface area contributed by atoms with Crippen molar-refractivity contribution in [2.45, 2.75) is 25.4 Å². The summed E-state index contributed by atoms with van der Waals surface area (Å²) in [6.45, 7) is 2.33. The van der Waals surface area contributed by atoms with Crippen LogP contribution in [0.4, 0.5) is 0 Å². The van der Waals surface area contributed by atoms with Gasteiger partial charge >= 0.3 is 0 Å². The molecule has 0 amide bonds. The highest BCUT2D eigenvalue weighted by molar-refractivity contribution is 9.10. The van der Waals surface area contributed by atoms with Gasteiger partial charge in [0, 0.05) is 16.6 Å². The van der Waals surface area contributed by atoms with E-state index < -0.39 is 0 Å². The van der Waals surface area contributed by atoms with Gasteiger partial charge < -0.3 is 10.4 Å². The third-order valence-corrected chi connectivity index (χ3v) is 3.52. The molecule has 1 heterocycles. The Bertz CT molecular complexity index is 340. The predicted molar refractivity (Wildman–Crippen MR) is 60.3 cm³/mol. The molecule has 0 unspecified atom stereocenters. The summed E-state index contributed by atoms with van der Waals surface area (Å²) in [4.78, 5) is 0. The zero-order valence-electron chi connectivity index (χ0n) is 8.13. The van der Waals surface area contributed by atoms with Crippen LogP contribution in [0.15, 0.2) is 22.7 Å². The van der Waals surface area contributed by atoms with Gasteiger partial charge in [0.05, 0.1) is 6.61 Å². The lowest BCUT2D eigenvalue weighted by molar-refractivity contribution is 0.225. The molecule has 14 heavy (non-hydrogen) atoms. The molecule has 0 saturated carbocycles.